The maximum absolute atomic E-state index is 11.1. The van der Waals surface area contributed by atoms with Crippen molar-refractivity contribution < 1.29 is 14.6 Å². The number of methoxy groups -OCH3 is 1. The molecule has 0 unspecified atom stereocenters. The number of ether oxygens (including phenoxy) is 1. The Morgan fingerprint density at radius 1 is 1.00 bits per heavy atom. The lowest BCUT2D eigenvalue weighted by molar-refractivity contribution is 0.112. The van der Waals surface area contributed by atoms with E-state index >= 15 is 0 Å². The van der Waals surface area contributed by atoms with E-state index in [4.69, 9.17) is 4.74 Å². The number of hydrogen-bond acceptors (Lipinski definition) is 4. The van der Waals surface area contributed by atoms with Crippen LogP contribution < -0.4 is 9.64 Å². The van der Waals surface area contributed by atoms with Crippen LogP contribution in [0, 0.1) is 0 Å². The van der Waals surface area contributed by atoms with Crippen LogP contribution >= 0.6 is 0 Å². The van der Waals surface area contributed by atoms with Crippen LogP contribution in [-0.4, -0.2) is 31.6 Å². The molecule has 0 saturated carbocycles. The minimum absolute atomic E-state index is 0.125. The van der Waals surface area contributed by atoms with E-state index in [0.717, 1.165) is 24.2 Å². The van der Waals surface area contributed by atoms with Crippen molar-refractivity contribution in [3.8, 4) is 11.5 Å². The highest BCUT2D eigenvalue weighted by atomic mass is 16.5. The lowest BCUT2D eigenvalue weighted by Gasteiger charge is -2.28. The van der Waals surface area contributed by atoms with Crippen molar-refractivity contribution in [2.75, 3.05) is 25.1 Å². The van der Waals surface area contributed by atoms with Crippen molar-refractivity contribution >= 4 is 24.1 Å². The zero-order valence-electron chi connectivity index (χ0n) is 14.4. The number of aromatic hydroxyl groups is 1. The van der Waals surface area contributed by atoms with E-state index in [9.17, 15) is 9.90 Å². The Hall–Kier alpha value is -2.75. The minimum atomic E-state index is -0.125. The zero-order valence-corrected chi connectivity index (χ0v) is 14.4. The van der Waals surface area contributed by atoms with Crippen LogP contribution in [0.4, 0.5) is 5.69 Å². The van der Waals surface area contributed by atoms with Gasteiger partial charge in [-0.2, -0.15) is 0 Å². The van der Waals surface area contributed by atoms with Gasteiger partial charge in [-0.05, 0) is 54.7 Å². The molecule has 25 heavy (non-hydrogen) atoms. The number of phenols is 1. The number of anilines is 1. The fourth-order valence-corrected chi connectivity index (χ4v) is 3.13. The average Bonchev–Trinajstić information content (AvgIpc) is 2.68. The molecular formula is C21H23NO3. The molecule has 130 valence electrons. The van der Waals surface area contributed by atoms with Crippen LogP contribution in [0.1, 0.15) is 40.7 Å². The lowest BCUT2D eigenvalue weighted by atomic mass is 10.1. The Bertz CT molecular complexity index is 759. The van der Waals surface area contributed by atoms with E-state index < -0.39 is 0 Å². The van der Waals surface area contributed by atoms with Crippen LogP contribution in [-0.2, 0) is 0 Å². The molecule has 2 aromatic rings. The molecule has 0 aliphatic carbocycles. The van der Waals surface area contributed by atoms with Gasteiger partial charge in [0.25, 0.3) is 0 Å². The second-order valence-corrected chi connectivity index (χ2v) is 6.25. The summed E-state index contributed by atoms with van der Waals surface area (Å²) in [6, 6.07) is 11.8. The highest BCUT2D eigenvalue weighted by Crippen LogP contribution is 2.31. The Balaban J connectivity index is 1.76. The fraction of sp³-hybridized carbons (Fsp3) is 0.286. The third-order valence-electron chi connectivity index (χ3n) is 4.56. The van der Waals surface area contributed by atoms with E-state index in [1.807, 2.05) is 12.2 Å². The summed E-state index contributed by atoms with van der Waals surface area (Å²) in [6.07, 6.45) is 8.39. The van der Waals surface area contributed by atoms with Crippen LogP contribution in [0.5, 0.6) is 11.5 Å². The number of carbonyl (C=O) groups is 1. The van der Waals surface area contributed by atoms with Crippen molar-refractivity contribution in [3.05, 3.63) is 53.1 Å². The van der Waals surface area contributed by atoms with Crippen molar-refractivity contribution in [3.63, 3.8) is 0 Å². The molecule has 2 aromatic carbocycles. The summed E-state index contributed by atoms with van der Waals surface area (Å²) in [5.41, 5.74) is 3.38. The summed E-state index contributed by atoms with van der Waals surface area (Å²) in [5, 5.41) is 9.87. The van der Waals surface area contributed by atoms with Crippen molar-refractivity contribution in [1.29, 1.82) is 0 Å². The van der Waals surface area contributed by atoms with Gasteiger partial charge in [0.05, 0.1) is 12.7 Å². The summed E-state index contributed by atoms with van der Waals surface area (Å²) in [6.45, 7) is 2.27. The van der Waals surface area contributed by atoms with Gasteiger partial charge >= 0.3 is 0 Å². The molecule has 1 fully saturated rings. The normalized spacial score (nSPS) is 14.7. The first-order chi connectivity index (χ1) is 12.2. The largest absolute Gasteiger partial charge is 0.504 e. The standard InChI is InChI=1S/C21H23NO3/c1-25-20-14-17(13-18(15-23)21(20)24)6-5-16-7-9-19(10-8-16)22-11-3-2-4-12-22/h5-10,13-15,24H,2-4,11-12H2,1H3. The third-order valence-corrected chi connectivity index (χ3v) is 4.56. The van der Waals surface area contributed by atoms with Crippen molar-refractivity contribution in [2.45, 2.75) is 19.3 Å². The minimum Gasteiger partial charge on any atom is -0.504 e. The zero-order chi connectivity index (χ0) is 17.6. The highest BCUT2D eigenvalue weighted by Gasteiger charge is 2.10. The molecule has 1 saturated heterocycles. The number of piperidine rings is 1. The monoisotopic (exact) mass is 337 g/mol. The average molecular weight is 337 g/mol. The van der Waals surface area contributed by atoms with Crippen LogP contribution in [0.2, 0.25) is 0 Å². The first-order valence-corrected chi connectivity index (χ1v) is 8.60. The maximum atomic E-state index is 11.1. The second kappa shape index (κ2) is 7.88. The second-order valence-electron chi connectivity index (χ2n) is 6.25. The molecule has 0 amide bonds. The smallest absolute Gasteiger partial charge is 0.168 e. The van der Waals surface area contributed by atoms with Gasteiger partial charge in [-0.15, -0.1) is 0 Å². The van der Waals surface area contributed by atoms with E-state index in [2.05, 4.69) is 29.2 Å². The molecule has 4 heteroatoms. The van der Waals surface area contributed by atoms with Gasteiger partial charge in [0.15, 0.2) is 17.8 Å². The Morgan fingerprint density at radius 2 is 1.68 bits per heavy atom. The number of aldehydes is 1. The molecule has 0 aromatic heterocycles. The van der Waals surface area contributed by atoms with Gasteiger partial charge in [-0.25, -0.2) is 0 Å². The molecule has 4 nitrogen and oxygen atoms in total. The molecule has 3 rings (SSSR count). The molecule has 0 radical (unpaired) electrons. The SMILES string of the molecule is COc1cc(C=Cc2ccc(N3CCCCC3)cc2)cc(C=O)c1O. The lowest BCUT2D eigenvalue weighted by Crippen LogP contribution is -2.29. The predicted molar refractivity (Wildman–Crippen MR) is 101 cm³/mol. The topological polar surface area (TPSA) is 49.8 Å². The Labute approximate surface area is 148 Å². The summed E-state index contributed by atoms with van der Waals surface area (Å²) < 4.78 is 5.11. The molecule has 1 aliphatic heterocycles. The highest BCUT2D eigenvalue weighted by molar-refractivity contribution is 5.84. The summed E-state index contributed by atoms with van der Waals surface area (Å²) >= 11 is 0. The quantitative estimate of drug-likeness (QED) is 0.650. The van der Waals surface area contributed by atoms with Crippen molar-refractivity contribution in [2.24, 2.45) is 0 Å². The maximum Gasteiger partial charge on any atom is 0.168 e. The van der Waals surface area contributed by atoms with Crippen LogP contribution in [0.15, 0.2) is 36.4 Å². The Morgan fingerprint density at radius 3 is 2.32 bits per heavy atom. The number of hydrogen-bond donors (Lipinski definition) is 1. The number of phenolic OH excluding ortho intramolecular Hbond substituents is 1. The molecule has 1 N–H and O–H groups in total. The number of rotatable bonds is 5. The van der Waals surface area contributed by atoms with Gasteiger partial charge in [-0.1, -0.05) is 24.3 Å². The third kappa shape index (κ3) is 4.02. The summed E-state index contributed by atoms with van der Waals surface area (Å²) in [5.74, 6) is 0.172. The van der Waals surface area contributed by atoms with Gasteiger partial charge in [-0.3, -0.25) is 4.79 Å². The van der Waals surface area contributed by atoms with E-state index in [1.165, 1.54) is 32.1 Å². The molecule has 0 bridgehead atoms. The molecular weight excluding hydrogens is 314 g/mol. The van der Waals surface area contributed by atoms with Gasteiger partial charge < -0.3 is 14.7 Å². The molecule has 0 spiro atoms. The first kappa shape index (κ1) is 17.1. The van der Waals surface area contributed by atoms with Crippen molar-refractivity contribution in [1.82, 2.24) is 0 Å². The molecule has 0 atom stereocenters. The van der Waals surface area contributed by atoms with Gasteiger partial charge in [0, 0.05) is 18.8 Å². The predicted octanol–water partition coefficient (Wildman–Crippen LogP) is 4.37. The summed E-state index contributed by atoms with van der Waals surface area (Å²) in [4.78, 5) is 13.5. The number of nitrogens with zero attached hydrogens (tertiary/aromatic N) is 1. The van der Waals surface area contributed by atoms with Gasteiger partial charge in [0.2, 0.25) is 0 Å². The van der Waals surface area contributed by atoms with E-state index in [0.29, 0.717) is 12.0 Å². The van der Waals surface area contributed by atoms with Crippen LogP contribution in [0.3, 0.4) is 0 Å². The van der Waals surface area contributed by atoms with Crippen LogP contribution in [0.25, 0.3) is 12.2 Å². The fourth-order valence-electron chi connectivity index (χ4n) is 3.13. The van der Waals surface area contributed by atoms with Gasteiger partial charge in [0.1, 0.15) is 0 Å². The van der Waals surface area contributed by atoms with E-state index in [1.54, 1.807) is 12.1 Å². The summed E-state index contributed by atoms with van der Waals surface area (Å²) in [7, 11) is 1.47. The molecule has 1 heterocycles. The Kier molecular flexibility index (Phi) is 5.39. The van der Waals surface area contributed by atoms with E-state index in [-0.39, 0.29) is 11.3 Å². The number of benzene rings is 2. The first-order valence-electron chi connectivity index (χ1n) is 8.60. The molecule has 1 aliphatic rings. The number of carbonyl (C=O) groups excluding carboxylic acids is 1.